The molecule has 3 aromatic rings. The van der Waals surface area contributed by atoms with Crippen LogP contribution in [0.25, 0.3) is 0 Å². The fourth-order valence-electron chi connectivity index (χ4n) is 4.46. The first-order valence-electron chi connectivity index (χ1n) is 11.7. The van der Waals surface area contributed by atoms with Crippen LogP contribution in [0.5, 0.6) is 0 Å². The molecule has 1 atom stereocenters. The number of allylic oxidation sites excluding steroid dienone is 1. The normalized spacial score (nSPS) is 17.2. The Morgan fingerprint density at radius 1 is 0.944 bits per heavy atom. The highest BCUT2D eigenvalue weighted by Gasteiger charge is 2.37. The molecule has 0 bridgehead atoms. The van der Waals surface area contributed by atoms with Crippen molar-refractivity contribution >= 4 is 56.0 Å². The summed E-state index contributed by atoms with van der Waals surface area (Å²) in [6.45, 7) is 2.70. The minimum Gasteiger partial charge on any atom is -0.340 e. The van der Waals surface area contributed by atoms with E-state index in [1.807, 2.05) is 79.7 Å². The molecule has 0 aromatic heterocycles. The molecule has 2 aliphatic heterocycles. The Hall–Kier alpha value is -3.36. The van der Waals surface area contributed by atoms with E-state index in [9.17, 15) is 9.59 Å². The van der Waals surface area contributed by atoms with Crippen LogP contribution in [-0.2, 0) is 4.79 Å². The number of amides is 2. The highest BCUT2D eigenvalue weighted by atomic mass is 79.9. The third kappa shape index (κ3) is 5.10. The number of nitrogens with zero attached hydrogens (tertiary/aromatic N) is 2. The number of halogens is 1. The van der Waals surface area contributed by atoms with Gasteiger partial charge in [-0.1, -0.05) is 54.2 Å². The number of aliphatic imine (C=N–C) groups is 1. The largest absolute Gasteiger partial charge is 0.340 e. The number of thioether (sulfide) groups is 1. The molecule has 6 nitrogen and oxygen atoms in total. The van der Waals surface area contributed by atoms with Crippen molar-refractivity contribution in [3.05, 3.63) is 106 Å². The summed E-state index contributed by atoms with van der Waals surface area (Å²) < 4.78 is 0.732. The number of nitrogens with one attached hydrogen (secondary N) is 2. The highest BCUT2D eigenvalue weighted by Crippen LogP contribution is 2.40. The minimum atomic E-state index is -0.311. The van der Waals surface area contributed by atoms with E-state index in [4.69, 9.17) is 4.99 Å². The Morgan fingerprint density at radius 3 is 2.47 bits per heavy atom. The van der Waals surface area contributed by atoms with Crippen LogP contribution in [0.1, 0.15) is 35.3 Å². The van der Waals surface area contributed by atoms with Crippen LogP contribution in [0, 0.1) is 0 Å². The zero-order valence-electron chi connectivity index (χ0n) is 19.7. The lowest BCUT2D eigenvalue weighted by molar-refractivity contribution is -0.113. The second kappa shape index (κ2) is 10.7. The van der Waals surface area contributed by atoms with Gasteiger partial charge < -0.3 is 15.5 Å². The third-order valence-corrected chi connectivity index (χ3v) is 7.88. The van der Waals surface area contributed by atoms with Crippen LogP contribution in [0.3, 0.4) is 0 Å². The van der Waals surface area contributed by atoms with Crippen molar-refractivity contribution in [3.63, 3.8) is 0 Å². The van der Waals surface area contributed by atoms with Gasteiger partial charge in [0.2, 0.25) is 0 Å². The van der Waals surface area contributed by atoms with Crippen molar-refractivity contribution < 1.29 is 9.59 Å². The minimum absolute atomic E-state index is 0.176. The van der Waals surface area contributed by atoms with Gasteiger partial charge in [-0.2, -0.15) is 0 Å². The molecule has 1 saturated heterocycles. The molecule has 1 fully saturated rings. The van der Waals surface area contributed by atoms with E-state index in [-0.39, 0.29) is 17.9 Å². The number of carbonyl (C=O) groups is 2. The van der Waals surface area contributed by atoms with E-state index < -0.39 is 0 Å². The van der Waals surface area contributed by atoms with Gasteiger partial charge in [0.25, 0.3) is 11.8 Å². The summed E-state index contributed by atoms with van der Waals surface area (Å²) >= 11 is 5.17. The number of anilines is 2. The van der Waals surface area contributed by atoms with Crippen molar-refractivity contribution in [1.29, 1.82) is 0 Å². The van der Waals surface area contributed by atoms with E-state index in [0.717, 1.165) is 39.6 Å². The molecule has 2 N–H and O–H groups in total. The third-order valence-electron chi connectivity index (χ3n) is 6.11. The number of para-hydroxylation sites is 1. The van der Waals surface area contributed by atoms with E-state index in [0.29, 0.717) is 22.5 Å². The average molecular weight is 562 g/mol. The first-order valence-corrected chi connectivity index (χ1v) is 13.5. The molecular weight excluding hydrogens is 536 g/mol. The maximum atomic E-state index is 13.6. The van der Waals surface area contributed by atoms with Gasteiger partial charge in [0.15, 0.2) is 5.17 Å². The van der Waals surface area contributed by atoms with Crippen molar-refractivity contribution in [2.45, 2.75) is 19.4 Å². The molecule has 2 aliphatic rings. The highest BCUT2D eigenvalue weighted by molar-refractivity contribution is 9.10. The Bertz CT molecular complexity index is 1370. The average Bonchev–Trinajstić information content (AvgIpc) is 2.88. The Labute approximate surface area is 223 Å². The molecule has 0 spiro atoms. The topological polar surface area (TPSA) is 73.8 Å². The van der Waals surface area contributed by atoms with Crippen LogP contribution >= 0.6 is 27.7 Å². The van der Waals surface area contributed by atoms with Gasteiger partial charge in [-0.3, -0.25) is 9.59 Å². The first-order chi connectivity index (χ1) is 17.5. The predicted octanol–water partition coefficient (Wildman–Crippen LogP) is 6.46. The molecule has 0 radical (unpaired) electrons. The molecular formula is C28H25BrN4O2S. The molecule has 1 unspecified atom stereocenters. The van der Waals surface area contributed by atoms with E-state index >= 15 is 0 Å². The van der Waals surface area contributed by atoms with Gasteiger partial charge in [0.05, 0.1) is 22.9 Å². The number of hydrogen-bond acceptors (Lipinski definition) is 5. The summed E-state index contributed by atoms with van der Waals surface area (Å²) in [5.41, 5.74) is 4.20. The summed E-state index contributed by atoms with van der Waals surface area (Å²) in [6, 6.07) is 24.2. The van der Waals surface area contributed by atoms with Crippen LogP contribution in [0.2, 0.25) is 0 Å². The number of fused-ring (bicyclic) bond motifs is 1. The van der Waals surface area contributed by atoms with Gasteiger partial charge in [-0.25, -0.2) is 4.99 Å². The monoisotopic (exact) mass is 560 g/mol. The molecule has 182 valence electrons. The van der Waals surface area contributed by atoms with Crippen molar-refractivity contribution in [2.24, 2.45) is 4.99 Å². The molecule has 2 amide bonds. The maximum absolute atomic E-state index is 13.6. The van der Waals surface area contributed by atoms with Crippen LogP contribution < -0.4 is 10.6 Å². The van der Waals surface area contributed by atoms with Crippen LogP contribution in [0.4, 0.5) is 11.4 Å². The number of amidine groups is 1. The molecule has 3 aromatic carbocycles. The standard InChI is InChI=1S/C28H25BrN4O2S/c1-18-24(27(35)31-20-10-3-2-4-11-20)25(33-15-8-16-36-28(33)30-18)19-9-7-12-21(17-19)32-26(34)22-13-5-6-14-23(22)29/h2-7,9-14,17,25H,8,15-16H2,1H3,(H,31,35)(H,32,34). The Morgan fingerprint density at radius 2 is 1.67 bits per heavy atom. The summed E-state index contributed by atoms with van der Waals surface area (Å²) in [6.07, 6.45) is 1.01. The summed E-state index contributed by atoms with van der Waals surface area (Å²) in [7, 11) is 0. The summed E-state index contributed by atoms with van der Waals surface area (Å²) in [5.74, 6) is 0.626. The van der Waals surface area contributed by atoms with E-state index in [1.54, 1.807) is 17.8 Å². The number of carbonyl (C=O) groups excluding carboxylic acids is 2. The molecule has 0 saturated carbocycles. The number of hydrogen-bond donors (Lipinski definition) is 2. The molecule has 5 rings (SSSR count). The maximum Gasteiger partial charge on any atom is 0.256 e. The lowest BCUT2D eigenvalue weighted by Gasteiger charge is -2.41. The lowest BCUT2D eigenvalue weighted by Crippen LogP contribution is -2.43. The molecule has 0 aliphatic carbocycles. The van der Waals surface area contributed by atoms with Gasteiger partial charge in [-0.05, 0) is 71.2 Å². The quantitative estimate of drug-likeness (QED) is 0.375. The molecule has 8 heteroatoms. The van der Waals surface area contributed by atoms with Crippen LogP contribution in [-0.4, -0.2) is 34.2 Å². The lowest BCUT2D eigenvalue weighted by atomic mass is 9.93. The molecule has 36 heavy (non-hydrogen) atoms. The number of benzene rings is 3. The van der Waals surface area contributed by atoms with Gasteiger partial charge in [0.1, 0.15) is 0 Å². The summed E-state index contributed by atoms with van der Waals surface area (Å²) in [5, 5.41) is 6.98. The van der Waals surface area contributed by atoms with Crippen molar-refractivity contribution in [2.75, 3.05) is 22.9 Å². The summed E-state index contributed by atoms with van der Waals surface area (Å²) in [4.78, 5) is 33.5. The van der Waals surface area contributed by atoms with Crippen molar-refractivity contribution in [3.8, 4) is 0 Å². The Balaban J connectivity index is 1.49. The molecule has 2 heterocycles. The zero-order valence-corrected chi connectivity index (χ0v) is 22.1. The fourth-order valence-corrected chi connectivity index (χ4v) is 5.94. The zero-order chi connectivity index (χ0) is 25.1. The fraction of sp³-hybridized carbons (Fsp3) is 0.179. The second-order valence-electron chi connectivity index (χ2n) is 8.57. The van der Waals surface area contributed by atoms with E-state index in [2.05, 4.69) is 31.5 Å². The van der Waals surface area contributed by atoms with Gasteiger partial charge in [-0.15, -0.1) is 0 Å². The SMILES string of the molecule is CC1=C(C(=O)Nc2ccccc2)C(c2cccc(NC(=O)c3ccccc3Br)c2)N2CCCSC2=N1. The Kier molecular flexibility index (Phi) is 7.25. The van der Waals surface area contributed by atoms with Crippen LogP contribution in [0.15, 0.2) is 99.6 Å². The smallest absolute Gasteiger partial charge is 0.256 e. The van der Waals surface area contributed by atoms with Gasteiger partial charge >= 0.3 is 0 Å². The number of rotatable bonds is 5. The first kappa shape index (κ1) is 24.3. The van der Waals surface area contributed by atoms with Gasteiger partial charge in [0, 0.05) is 28.1 Å². The second-order valence-corrected chi connectivity index (χ2v) is 10.5. The van der Waals surface area contributed by atoms with Crippen molar-refractivity contribution in [1.82, 2.24) is 4.90 Å². The van der Waals surface area contributed by atoms with E-state index in [1.165, 1.54) is 0 Å². The predicted molar refractivity (Wildman–Crippen MR) is 150 cm³/mol.